The highest BCUT2D eigenvalue weighted by Gasteiger charge is 2.18. The van der Waals surface area contributed by atoms with Crippen LogP contribution in [0.25, 0.3) is 0 Å². The average molecular weight is 360 g/mol. The topological polar surface area (TPSA) is 12.5 Å². The first kappa shape index (κ1) is 15.6. The van der Waals surface area contributed by atoms with Crippen molar-refractivity contribution in [2.45, 2.75) is 26.3 Å². The molecule has 1 saturated heterocycles. The molecule has 0 aromatic heterocycles. The second-order valence-electron chi connectivity index (χ2n) is 6.15. The van der Waals surface area contributed by atoms with Gasteiger partial charge in [-0.3, -0.25) is 4.90 Å². The van der Waals surface area contributed by atoms with Crippen molar-refractivity contribution in [3.05, 3.63) is 58.6 Å². The van der Waals surface area contributed by atoms with E-state index in [4.69, 9.17) is 4.74 Å². The number of piperidine rings is 1. The molecule has 1 heterocycles. The molecule has 1 atom stereocenters. The summed E-state index contributed by atoms with van der Waals surface area (Å²) in [7, 11) is 0. The van der Waals surface area contributed by atoms with Crippen molar-refractivity contribution in [1.29, 1.82) is 0 Å². The molecule has 22 heavy (non-hydrogen) atoms. The molecular formula is C19H22BrNO. The van der Waals surface area contributed by atoms with Crippen molar-refractivity contribution < 1.29 is 4.74 Å². The van der Waals surface area contributed by atoms with Crippen molar-refractivity contribution >= 4 is 15.9 Å². The number of nitrogens with zero attached hydrogens (tertiary/aromatic N) is 1. The Kier molecular flexibility index (Phi) is 5.16. The predicted molar refractivity (Wildman–Crippen MR) is 94.3 cm³/mol. The summed E-state index contributed by atoms with van der Waals surface area (Å²) >= 11 is 3.55. The number of likely N-dealkylation sites (tertiary alicyclic amines) is 1. The Balaban J connectivity index is 1.78. The Labute approximate surface area is 141 Å². The third-order valence-electron chi connectivity index (χ3n) is 4.14. The molecule has 2 aromatic rings. The van der Waals surface area contributed by atoms with E-state index in [1.807, 2.05) is 30.3 Å². The molecule has 1 fully saturated rings. The molecule has 1 aliphatic rings. The summed E-state index contributed by atoms with van der Waals surface area (Å²) in [5.74, 6) is 2.62. The van der Waals surface area contributed by atoms with Gasteiger partial charge in [0.25, 0.3) is 0 Å². The molecule has 1 aliphatic heterocycles. The third kappa shape index (κ3) is 4.11. The lowest BCUT2D eigenvalue weighted by Crippen LogP contribution is -2.33. The van der Waals surface area contributed by atoms with Crippen LogP contribution in [0, 0.1) is 5.92 Å². The summed E-state index contributed by atoms with van der Waals surface area (Å²) < 4.78 is 7.15. The first-order valence-corrected chi connectivity index (χ1v) is 8.74. The van der Waals surface area contributed by atoms with Crippen molar-refractivity contribution in [3.8, 4) is 11.5 Å². The van der Waals surface area contributed by atoms with Crippen LogP contribution < -0.4 is 4.74 Å². The van der Waals surface area contributed by atoms with Gasteiger partial charge in [0.05, 0.1) is 0 Å². The molecule has 2 nitrogen and oxygen atoms in total. The molecular weight excluding hydrogens is 338 g/mol. The first-order valence-electron chi connectivity index (χ1n) is 7.94. The number of para-hydroxylation sites is 1. The Morgan fingerprint density at radius 3 is 2.77 bits per heavy atom. The van der Waals surface area contributed by atoms with Gasteiger partial charge in [-0.25, -0.2) is 0 Å². The van der Waals surface area contributed by atoms with Gasteiger partial charge < -0.3 is 4.74 Å². The predicted octanol–water partition coefficient (Wildman–Crippen LogP) is 5.47. The van der Waals surface area contributed by atoms with E-state index >= 15 is 0 Å². The largest absolute Gasteiger partial charge is 0.457 e. The van der Waals surface area contributed by atoms with Gasteiger partial charge in [0.2, 0.25) is 0 Å². The van der Waals surface area contributed by atoms with Gasteiger partial charge in [0.1, 0.15) is 11.5 Å². The molecule has 0 aliphatic carbocycles. The lowest BCUT2D eigenvalue weighted by atomic mass is 10.00. The summed E-state index contributed by atoms with van der Waals surface area (Å²) in [5, 5.41) is 0. The Morgan fingerprint density at radius 1 is 1.18 bits per heavy atom. The fraction of sp³-hybridized carbons (Fsp3) is 0.368. The highest BCUT2D eigenvalue weighted by atomic mass is 79.9. The monoisotopic (exact) mass is 359 g/mol. The van der Waals surface area contributed by atoms with E-state index in [9.17, 15) is 0 Å². The Bertz CT molecular complexity index is 614. The van der Waals surface area contributed by atoms with Crippen LogP contribution in [0.15, 0.2) is 53.0 Å². The normalized spacial score (nSPS) is 19.1. The highest BCUT2D eigenvalue weighted by Crippen LogP contribution is 2.30. The quantitative estimate of drug-likeness (QED) is 0.717. The van der Waals surface area contributed by atoms with Gasteiger partial charge in [-0.15, -0.1) is 0 Å². The van der Waals surface area contributed by atoms with E-state index in [2.05, 4.69) is 46.0 Å². The number of benzene rings is 2. The number of halogens is 1. The van der Waals surface area contributed by atoms with Crippen LogP contribution in [0.5, 0.6) is 11.5 Å². The summed E-state index contributed by atoms with van der Waals surface area (Å²) in [6, 6.07) is 16.3. The molecule has 3 rings (SSSR count). The van der Waals surface area contributed by atoms with Crippen molar-refractivity contribution in [1.82, 2.24) is 4.90 Å². The van der Waals surface area contributed by atoms with E-state index < -0.39 is 0 Å². The van der Waals surface area contributed by atoms with E-state index in [-0.39, 0.29) is 0 Å². The molecule has 0 bridgehead atoms. The third-order valence-corrected chi connectivity index (χ3v) is 4.63. The van der Waals surface area contributed by atoms with Crippen LogP contribution in [-0.2, 0) is 6.54 Å². The Hall–Kier alpha value is -1.32. The fourth-order valence-corrected chi connectivity index (χ4v) is 3.38. The minimum Gasteiger partial charge on any atom is -0.457 e. The lowest BCUT2D eigenvalue weighted by Gasteiger charge is -2.31. The maximum Gasteiger partial charge on any atom is 0.133 e. The maximum atomic E-state index is 6.10. The van der Waals surface area contributed by atoms with Crippen molar-refractivity contribution in [2.75, 3.05) is 13.1 Å². The number of hydrogen-bond donors (Lipinski definition) is 0. The van der Waals surface area contributed by atoms with Crippen molar-refractivity contribution in [2.24, 2.45) is 5.92 Å². The molecule has 116 valence electrons. The van der Waals surface area contributed by atoms with Crippen LogP contribution in [0.1, 0.15) is 25.3 Å². The minimum atomic E-state index is 0.794. The standard InChI is InChI=1S/C19H22BrNO/c1-15-6-5-11-21(13-15)14-16-9-10-17(20)12-19(16)22-18-7-3-2-4-8-18/h2-4,7-10,12,15H,5-6,11,13-14H2,1H3. The zero-order valence-electron chi connectivity index (χ0n) is 13.0. The van der Waals surface area contributed by atoms with Gasteiger partial charge >= 0.3 is 0 Å². The fourth-order valence-electron chi connectivity index (χ4n) is 3.04. The summed E-state index contributed by atoms with van der Waals surface area (Å²) in [5.41, 5.74) is 1.25. The maximum absolute atomic E-state index is 6.10. The SMILES string of the molecule is CC1CCCN(Cc2ccc(Br)cc2Oc2ccccc2)C1. The lowest BCUT2D eigenvalue weighted by molar-refractivity contribution is 0.175. The number of rotatable bonds is 4. The van der Waals surface area contributed by atoms with Crippen LogP contribution in [0.3, 0.4) is 0 Å². The van der Waals surface area contributed by atoms with Gasteiger partial charge in [0.15, 0.2) is 0 Å². The van der Waals surface area contributed by atoms with Crippen LogP contribution in [0.2, 0.25) is 0 Å². The van der Waals surface area contributed by atoms with Gasteiger partial charge in [-0.2, -0.15) is 0 Å². The van der Waals surface area contributed by atoms with Crippen LogP contribution in [-0.4, -0.2) is 18.0 Å². The molecule has 2 aromatic carbocycles. The minimum absolute atomic E-state index is 0.794. The van der Waals surface area contributed by atoms with Crippen molar-refractivity contribution in [3.63, 3.8) is 0 Å². The average Bonchev–Trinajstić information content (AvgIpc) is 2.51. The summed E-state index contributed by atoms with van der Waals surface area (Å²) in [6.45, 7) is 5.67. The first-order chi connectivity index (χ1) is 10.7. The van der Waals surface area contributed by atoms with Gasteiger partial charge in [0, 0.05) is 23.1 Å². The molecule has 0 N–H and O–H groups in total. The summed E-state index contributed by atoms with van der Waals surface area (Å²) in [4.78, 5) is 2.54. The zero-order valence-corrected chi connectivity index (χ0v) is 14.6. The molecule has 0 saturated carbocycles. The molecule has 1 unspecified atom stereocenters. The zero-order chi connectivity index (χ0) is 15.4. The Morgan fingerprint density at radius 2 is 2.00 bits per heavy atom. The highest BCUT2D eigenvalue weighted by molar-refractivity contribution is 9.10. The van der Waals surface area contributed by atoms with E-state index in [0.29, 0.717) is 0 Å². The second-order valence-corrected chi connectivity index (χ2v) is 7.07. The van der Waals surface area contributed by atoms with E-state index in [1.165, 1.54) is 31.5 Å². The van der Waals surface area contributed by atoms with E-state index in [0.717, 1.165) is 28.4 Å². The van der Waals surface area contributed by atoms with Gasteiger partial charge in [-0.1, -0.05) is 47.1 Å². The molecule has 0 amide bonds. The smallest absolute Gasteiger partial charge is 0.133 e. The van der Waals surface area contributed by atoms with Crippen LogP contribution >= 0.6 is 15.9 Å². The summed E-state index contributed by atoms with van der Waals surface area (Å²) in [6.07, 6.45) is 2.65. The number of ether oxygens (including phenoxy) is 1. The second kappa shape index (κ2) is 7.30. The molecule has 0 spiro atoms. The van der Waals surface area contributed by atoms with Gasteiger partial charge in [-0.05, 0) is 49.6 Å². The molecule has 3 heteroatoms. The molecule has 0 radical (unpaired) electrons. The number of hydrogen-bond acceptors (Lipinski definition) is 2. The van der Waals surface area contributed by atoms with E-state index in [1.54, 1.807) is 0 Å². The van der Waals surface area contributed by atoms with Crippen LogP contribution in [0.4, 0.5) is 0 Å².